The summed E-state index contributed by atoms with van der Waals surface area (Å²) in [5.41, 5.74) is 15.6. The number of nitrogens with one attached hydrogen (secondary N) is 1. The zero-order valence-corrected chi connectivity index (χ0v) is 19.4. The van der Waals surface area contributed by atoms with E-state index in [-0.39, 0.29) is 23.9 Å². The summed E-state index contributed by atoms with van der Waals surface area (Å²) in [6.45, 7) is 1.98. The molecule has 2 bridgehead atoms. The van der Waals surface area contributed by atoms with Gasteiger partial charge in [-0.05, 0) is 73.5 Å². The van der Waals surface area contributed by atoms with Crippen molar-refractivity contribution in [2.75, 3.05) is 13.1 Å². The summed E-state index contributed by atoms with van der Waals surface area (Å²) < 4.78 is 6.63. The van der Waals surface area contributed by atoms with E-state index in [0.717, 1.165) is 59.6 Å². The number of hydrogen-bond donors (Lipinski definition) is 5. The first-order chi connectivity index (χ1) is 16.9. The molecule has 3 aromatic rings. The van der Waals surface area contributed by atoms with Gasteiger partial charge in [0.05, 0.1) is 22.4 Å². The highest BCUT2D eigenvalue weighted by Crippen LogP contribution is 2.69. The molecule has 8 nitrogen and oxygen atoms in total. The fourth-order valence-corrected chi connectivity index (χ4v) is 7.83. The van der Waals surface area contributed by atoms with Crippen molar-refractivity contribution in [3.8, 4) is 11.5 Å². The molecule has 1 saturated carbocycles. The van der Waals surface area contributed by atoms with Gasteiger partial charge in [-0.2, -0.15) is 0 Å². The molecule has 5 aliphatic rings. The zero-order chi connectivity index (χ0) is 23.7. The highest BCUT2D eigenvalue weighted by molar-refractivity contribution is 5.90. The normalized spacial score (nSPS) is 32.1. The summed E-state index contributed by atoms with van der Waals surface area (Å²) in [5.74, 6) is 1.46. The molecule has 180 valence electrons. The third-order valence-electron chi connectivity index (χ3n) is 9.40. The van der Waals surface area contributed by atoms with Gasteiger partial charge < -0.3 is 31.4 Å². The second-order valence-corrected chi connectivity index (χ2v) is 11.2. The predicted molar refractivity (Wildman–Crippen MR) is 132 cm³/mol. The van der Waals surface area contributed by atoms with E-state index >= 15 is 0 Å². The molecule has 1 unspecified atom stereocenters. The molecule has 4 atom stereocenters. The van der Waals surface area contributed by atoms with Crippen molar-refractivity contribution in [3.05, 3.63) is 52.7 Å². The predicted octanol–water partition coefficient (Wildman–Crippen LogP) is 2.48. The number of aliphatic hydroxyl groups is 1. The van der Waals surface area contributed by atoms with Gasteiger partial charge >= 0.3 is 0 Å². The molecule has 7 N–H and O–H groups in total. The number of ether oxygens (including phenoxy) is 1. The summed E-state index contributed by atoms with van der Waals surface area (Å²) >= 11 is 0. The number of fused-ring (bicyclic) bond motifs is 4. The Morgan fingerprint density at radius 2 is 2.09 bits per heavy atom. The number of hydrogen-bond acceptors (Lipinski definition) is 5. The van der Waals surface area contributed by atoms with Crippen LogP contribution < -0.4 is 16.2 Å². The van der Waals surface area contributed by atoms with Crippen LogP contribution in [0.1, 0.15) is 47.8 Å². The van der Waals surface area contributed by atoms with E-state index in [0.29, 0.717) is 17.9 Å². The Morgan fingerprint density at radius 3 is 2.89 bits per heavy atom. The van der Waals surface area contributed by atoms with E-state index in [1.54, 1.807) is 6.07 Å². The summed E-state index contributed by atoms with van der Waals surface area (Å²) in [7, 11) is 0. The largest absolute Gasteiger partial charge is 0.504 e. The van der Waals surface area contributed by atoms with Gasteiger partial charge in [-0.25, -0.2) is 4.99 Å². The fourth-order valence-electron chi connectivity index (χ4n) is 7.83. The highest BCUT2D eigenvalue weighted by Gasteiger charge is 2.72. The number of phenolic OH excluding ortho intramolecular Hbond substituents is 1. The van der Waals surface area contributed by atoms with Crippen molar-refractivity contribution in [1.82, 2.24) is 9.88 Å². The molecule has 0 amide bonds. The van der Waals surface area contributed by atoms with Crippen LogP contribution in [0.4, 0.5) is 5.69 Å². The molecule has 1 spiro atoms. The number of piperidine rings is 1. The van der Waals surface area contributed by atoms with Crippen LogP contribution in [0.2, 0.25) is 0 Å². The van der Waals surface area contributed by atoms with Crippen LogP contribution in [0.5, 0.6) is 11.5 Å². The number of aromatic nitrogens is 1. The van der Waals surface area contributed by atoms with E-state index in [9.17, 15) is 10.2 Å². The number of likely N-dealkylation sites (tertiary alicyclic amines) is 1. The maximum absolute atomic E-state index is 12.9. The summed E-state index contributed by atoms with van der Waals surface area (Å²) in [6.07, 6.45) is 4.27. The summed E-state index contributed by atoms with van der Waals surface area (Å²) in [5, 5.41) is 24.7. The minimum Gasteiger partial charge on any atom is -0.504 e. The first kappa shape index (κ1) is 20.0. The lowest BCUT2D eigenvalue weighted by molar-refractivity contribution is -0.173. The Morgan fingerprint density at radius 1 is 1.23 bits per heavy atom. The highest BCUT2D eigenvalue weighted by atomic mass is 16.5. The molecule has 1 aromatic heterocycles. The molecule has 3 aliphatic carbocycles. The van der Waals surface area contributed by atoms with Crippen LogP contribution in [0.15, 0.2) is 35.3 Å². The van der Waals surface area contributed by atoms with E-state index in [2.05, 4.69) is 14.9 Å². The maximum Gasteiger partial charge on any atom is 0.191 e. The lowest BCUT2D eigenvalue weighted by atomic mass is 9.49. The standard InChI is InChI=1S/C27H29N5O3/c28-25(29)30-15-4-5-18-16(10-15)17-11-27(34)20-9-14-3-6-19(33)23-21(14)26(27,24(35-23)22(17)31-18)7-8-32(20)12-13-1-2-13/h3-6,10,13,20,24,31,33-34H,1-2,7-9,11-12H2,(H4,28,29,30)/t20-,24+,26?,27-/m1/s1. The van der Waals surface area contributed by atoms with E-state index in [1.807, 2.05) is 24.3 Å². The molecule has 1 saturated heterocycles. The van der Waals surface area contributed by atoms with Crippen molar-refractivity contribution < 1.29 is 14.9 Å². The van der Waals surface area contributed by atoms with Gasteiger partial charge in [-0.3, -0.25) is 4.90 Å². The number of nitrogens with zero attached hydrogens (tertiary/aromatic N) is 2. The Hall–Kier alpha value is -3.23. The summed E-state index contributed by atoms with van der Waals surface area (Å²) in [6, 6.07) is 9.64. The Labute approximate surface area is 202 Å². The molecular weight excluding hydrogens is 442 g/mol. The third-order valence-corrected chi connectivity index (χ3v) is 9.40. The number of rotatable bonds is 3. The number of aromatic amines is 1. The Bertz CT molecular complexity index is 1450. The second-order valence-electron chi connectivity index (χ2n) is 11.2. The molecule has 8 heteroatoms. The van der Waals surface area contributed by atoms with Crippen molar-refractivity contribution in [1.29, 1.82) is 0 Å². The maximum atomic E-state index is 12.9. The number of H-pyrrole nitrogens is 1. The SMILES string of the molecule is NC(N)=Nc1ccc2[nH]c3c(c2c1)C[C@@]1(O)[C@H]2Cc4ccc(O)c5c4C1(CCN2CC1CC1)[C@H]3O5. The second kappa shape index (κ2) is 6.30. The first-order valence-corrected chi connectivity index (χ1v) is 12.6. The number of phenols is 1. The Balaban J connectivity index is 1.38. The van der Waals surface area contributed by atoms with Crippen molar-refractivity contribution in [2.45, 2.75) is 55.3 Å². The number of aromatic hydroxyl groups is 1. The van der Waals surface area contributed by atoms with Gasteiger partial charge in [0.15, 0.2) is 23.6 Å². The average molecular weight is 472 g/mol. The van der Waals surface area contributed by atoms with Gasteiger partial charge in [-0.1, -0.05) is 6.07 Å². The minimum absolute atomic E-state index is 0.00457. The van der Waals surface area contributed by atoms with Crippen LogP contribution in [0, 0.1) is 5.92 Å². The van der Waals surface area contributed by atoms with Crippen molar-refractivity contribution in [2.24, 2.45) is 22.4 Å². The number of nitrogens with two attached hydrogens (primary N) is 2. The van der Waals surface area contributed by atoms with E-state index in [1.165, 1.54) is 18.4 Å². The zero-order valence-electron chi connectivity index (χ0n) is 19.4. The van der Waals surface area contributed by atoms with Gasteiger partial charge in [0.25, 0.3) is 0 Å². The number of benzene rings is 2. The topological polar surface area (TPSA) is 133 Å². The fraction of sp³-hybridized carbons (Fsp3) is 0.444. The monoisotopic (exact) mass is 471 g/mol. The first-order valence-electron chi connectivity index (χ1n) is 12.6. The van der Waals surface area contributed by atoms with E-state index in [4.69, 9.17) is 16.2 Å². The van der Waals surface area contributed by atoms with Crippen molar-refractivity contribution >= 4 is 22.5 Å². The average Bonchev–Trinajstić information content (AvgIpc) is 3.46. The summed E-state index contributed by atoms with van der Waals surface area (Å²) in [4.78, 5) is 10.4. The van der Waals surface area contributed by atoms with E-state index < -0.39 is 11.0 Å². The Kier molecular flexibility index (Phi) is 3.60. The molecule has 8 rings (SSSR count). The number of aliphatic imine (C=N–C) groups is 1. The van der Waals surface area contributed by atoms with Gasteiger partial charge in [0.2, 0.25) is 0 Å². The van der Waals surface area contributed by atoms with Crippen LogP contribution in [0.3, 0.4) is 0 Å². The third kappa shape index (κ3) is 2.37. The van der Waals surface area contributed by atoms with Gasteiger partial charge in [0, 0.05) is 35.5 Å². The molecular formula is C27H29N5O3. The molecule has 2 aliphatic heterocycles. The lowest BCUT2D eigenvalue weighted by Gasteiger charge is -2.62. The van der Waals surface area contributed by atoms with Crippen LogP contribution in [0.25, 0.3) is 10.9 Å². The number of guanidine groups is 1. The molecule has 2 fully saturated rings. The van der Waals surface area contributed by atoms with Gasteiger partial charge in [0.1, 0.15) is 0 Å². The van der Waals surface area contributed by atoms with Crippen LogP contribution in [-0.4, -0.2) is 50.8 Å². The van der Waals surface area contributed by atoms with Crippen LogP contribution >= 0.6 is 0 Å². The molecule has 35 heavy (non-hydrogen) atoms. The smallest absolute Gasteiger partial charge is 0.191 e. The molecule has 2 aromatic carbocycles. The lowest BCUT2D eigenvalue weighted by Crippen LogP contribution is -2.74. The van der Waals surface area contributed by atoms with Crippen molar-refractivity contribution in [3.63, 3.8) is 0 Å². The molecule has 0 radical (unpaired) electrons. The van der Waals surface area contributed by atoms with Gasteiger partial charge in [-0.15, -0.1) is 0 Å². The minimum atomic E-state index is -1.01. The molecule has 3 heterocycles. The van der Waals surface area contributed by atoms with Crippen LogP contribution in [-0.2, 0) is 18.3 Å². The quantitative estimate of drug-likeness (QED) is 0.294.